The monoisotopic (exact) mass is 296 g/mol. The zero-order valence-corrected chi connectivity index (χ0v) is 12.1. The van der Waals surface area contributed by atoms with Crippen LogP contribution >= 0.6 is 0 Å². The predicted molar refractivity (Wildman–Crippen MR) is 74.0 cm³/mol. The van der Waals surface area contributed by atoms with Gasteiger partial charge in [-0.1, -0.05) is 6.92 Å². The number of aromatic hydroxyl groups is 1. The Bertz CT molecular complexity index is 709. The summed E-state index contributed by atoms with van der Waals surface area (Å²) in [6, 6.07) is 2.86. The molecule has 0 fully saturated rings. The Hall–Kier alpha value is -2.09. The highest BCUT2D eigenvalue weighted by Crippen LogP contribution is 2.22. The number of nitrogens with zero attached hydrogens (tertiary/aromatic N) is 3. The van der Waals surface area contributed by atoms with Crippen molar-refractivity contribution in [3.63, 3.8) is 0 Å². The van der Waals surface area contributed by atoms with Crippen molar-refractivity contribution in [2.45, 2.75) is 31.8 Å². The third-order valence-electron chi connectivity index (χ3n) is 2.71. The topological polar surface area (TPSA) is 97.1 Å². The highest BCUT2D eigenvalue weighted by molar-refractivity contribution is 7.92. The molecule has 0 aliphatic rings. The van der Waals surface area contributed by atoms with Crippen LogP contribution in [0.2, 0.25) is 0 Å². The van der Waals surface area contributed by atoms with Crippen molar-refractivity contribution >= 4 is 15.8 Å². The summed E-state index contributed by atoms with van der Waals surface area (Å²) in [6.45, 7) is 4.44. The number of anilines is 1. The molecule has 20 heavy (non-hydrogen) atoms. The average molecular weight is 296 g/mol. The molecular formula is C12H16N4O3S. The molecular weight excluding hydrogens is 280 g/mol. The van der Waals surface area contributed by atoms with Gasteiger partial charge < -0.3 is 9.67 Å². The number of nitrogens with one attached hydrogen (secondary N) is 1. The van der Waals surface area contributed by atoms with Gasteiger partial charge in [-0.25, -0.2) is 9.97 Å². The van der Waals surface area contributed by atoms with Gasteiger partial charge in [0.2, 0.25) is 0 Å². The summed E-state index contributed by atoms with van der Waals surface area (Å²) in [6.07, 6.45) is 3.74. The van der Waals surface area contributed by atoms with E-state index >= 15 is 0 Å². The summed E-state index contributed by atoms with van der Waals surface area (Å²) in [5.41, 5.74) is 0. The third-order valence-corrected chi connectivity index (χ3v) is 3.92. The number of hydrogen-bond acceptors (Lipinski definition) is 5. The lowest BCUT2D eigenvalue weighted by Gasteiger charge is -2.05. The van der Waals surface area contributed by atoms with Crippen LogP contribution in [-0.4, -0.2) is 28.1 Å². The van der Waals surface area contributed by atoms with Crippen molar-refractivity contribution in [1.82, 2.24) is 14.5 Å². The van der Waals surface area contributed by atoms with Crippen LogP contribution in [0.15, 0.2) is 29.6 Å². The fraction of sp³-hybridized carbons (Fsp3) is 0.333. The molecule has 2 rings (SSSR count). The van der Waals surface area contributed by atoms with Gasteiger partial charge in [-0.3, -0.25) is 4.72 Å². The highest BCUT2D eigenvalue weighted by Gasteiger charge is 2.21. The maximum Gasteiger partial charge on any atom is 0.282 e. The van der Waals surface area contributed by atoms with Gasteiger partial charge in [-0.05, 0) is 25.5 Å². The molecule has 2 aromatic rings. The second kappa shape index (κ2) is 5.49. The molecule has 0 spiro atoms. The summed E-state index contributed by atoms with van der Waals surface area (Å²) in [4.78, 5) is 7.81. The maximum absolute atomic E-state index is 12.2. The average Bonchev–Trinajstić information content (AvgIpc) is 2.75. The lowest BCUT2D eigenvalue weighted by atomic mass is 10.4. The molecule has 0 bridgehead atoms. The molecule has 0 aliphatic heterocycles. The first kappa shape index (κ1) is 14.3. The lowest BCUT2D eigenvalue weighted by Crippen LogP contribution is -2.14. The Morgan fingerprint density at radius 3 is 2.85 bits per heavy atom. The highest BCUT2D eigenvalue weighted by atomic mass is 32.2. The second-order valence-corrected chi connectivity index (χ2v) is 5.93. The first-order valence-electron chi connectivity index (χ1n) is 6.14. The van der Waals surface area contributed by atoms with Gasteiger partial charge >= 0.3 is 0 Å². The molecule has 108 valence electrons. The number of rotatable bonds is 5. The van der Waals surface area contributed by atoms with Crippen LogP contribution in [0.4, 0.5) is 5.82 Å². The lowest BCUT2D eigenvalue weighted by molar-refractivity contribution is 0.475. The van der Waals surface area contributed by atoms with Gasteiger partial charge in [0.25, 0.3) is 10.0 Å². The second-order valence-electron chi connectivity index (χ2n) is 4.30. The first-order chi connectivity index (χ1) is 9.44. The number of pyridine rings is 1. The normalized spacial score (nSPS) is 11.5. The van der Waals surface area contributed by atoms with Crippen LogP contribution in [0.5, 0.6) is 5.75 Å². The molecule has 0 amide bonds. The van der Waals surface area contributed by atoms with Crippen LogP contribution in [0.3, 0.4) is 0 Å². The molecule has 0 aromatic carbocycles. The van der Waals surface area contributed by atoms with E-state index in [1.54, 1.807) is 11.5 Å². The fourth-order valence-electron chi connectivity index (χ4n) is 1.73. The zero-order chi connectivity index (χ0) is 14.8. The molecule has 0 aliphatic carbocycles. The van der Waals surface area contributed by atoms with E-state index in [0.29, 0.717) is 12.4 Å². The zero-order valence-electron chi connectivity index (χ0n) is 11.2. The summed E-state index contributed by atoms with van der Waals surface area (Å²) in [7, 11) is -3.86. The number of imidazole rings is 1. The Labute approximate surface area is 117 Å². The predicted octanol–water partition coefficient (Wildman–Crippen LogP) is 1.50. The van der Waals surface area contributed by atoms with Crippen LogP contribution < -0.4 is 4.72 Å². The smallest absolute Gasteiger partial charge is 0.282 e. The van der Waals surface area contributed by atoms with E-state index in [4.69, 9.17) is 0 Å². The minimum absolute atomic E-state index is 0.0893. The van der Waals surface area contributed by atoms with Crippen molar-refractivity contribution < 1.29 is 13.5 Å². The fourth-order valence-corrected chi connectivity index (χ4v) is 2.77. The van der Waals surface area contributed by atoms with Gasteiger partial charge in [0.05, 0.1) is 0 Å². The molecule has 0 saturated heterocycles. The standard InChI is InChI=1S/C12H16N4O3S/c1-3-7-16-8-11(14-9(16)2)20(18,19)15-12-10(17)5-4-6-13-12/h4-6,8,17H,3,7H2,1-2H3,(H,13,15). The van der Waals surface area contributed by atoms with Crippen LogP contribution in [0.25, 0.3) is 0 Å². The molecule has 2 heterocycles. The quantitative estimate of drug-likeness (QED) is 0.871. The molecule has 7 nitrogen and oxygen atoms in total. The van der Waals surface area contributed by atoms with E-state index in [0.717, 1.165) is 6.42 Å². The maximum atomic E-state index is 12.2. The Balaban J connectivity index is 2.31. The number of sulfonamides is 1. The van der Waals surface area contributed by atoms with Crippen LogP contribution in [-0.2, 0) is 16.6 Å². The van der Waals surface area contributed by atoms with Gasteiger partial charge in [0.1, 0.15) is 5.82 Å². The molecule has 0 atom stereocenters. The largest absolute Gasteiger partial charge is 0.504 e. The van der Waals surface area contributed by atoms with Gasteiger partial charge in [0, 0.05) is 18.9 Å². The Kier molecular flexibility index (Phi) is 3.93. The number of hydrogen-bond donors (Lipinski definition) is 2. The molecule has 0 unspecified atom stereocenters. The van der Waals surface area contributed by atoms with Gasteiger partial charge in [0.15, 0.2) is 16.6 Å². The van der Waals surface area contributed by atoms with Crippen molar-refractivity contribution in [3.8, 4) is 5.75 Å². The number of aromatic nitrogens is 3. The molecule has 2 aromatic heterocycles. The SMILES string of the molecule is CCCn1cc(S(=O)(=O)Nc2ncccc2O)nc1C. The van der Waals surface area contributed by atoms with Crippen molar-refractivity contribution in [2.75, 3.05) is 4.72 Å². The van der Waals surface area contributed by atoms with E-state index in [9.17, 15) is 13.5 Å². The van der Waals surface area contributed by atoms with Crippen LogP contribution in [0, 0.1) is 6.92 Å². The summed E-state index contributed by atoms with van der Waals surface area (Å²) >= 11 is 0. The Morgan fingerprint density at radius 1 is 1.45 bits per heavy atom. The Morgan fingerprint density at radius 2 is 2.20 bits per heavy atom. The summed E-state index contributed by atoms with van der Waals surface area (Å²) in [5.74, 6) is 0.272. The van der Waals surface area contributed by atoms with Crippen molar-refractivity contribution in [2.24, 2.45) is 0 Å². The van der Waals surface area contributed by atoms with E-state index in [1.807, 2.05) is 6.92 Å². The molecule has 2 N–H and O–H groups in total. The first-order valence-corrected chi connectivity index (χ1v) is 7.63. The number of aryl methyl sites for hydroxylation is 2. The van der Waals surface area contributed by atoms with Gasteiger partial charge in [-0.2, -0.15) is 8.42 Å². The molecule has 8 heteroatoms. The van der Waals surface area contributed by atoms with E-state index in [1.165, 1.54) is 24.5 Å². The van der Waals surface area contributed by atoms with E-state index in [-0.39, 0.29) is 16.6 Å². The molecule has 0 saturated carbocycles. The van der Waals surface area contributed by atoms with E-state index in [2.05, 4.69) is 14.7 Å². The van der Waals surface area contributed by atoms with E-state index < -0.39 is 10.0 Å². The van der Waals surface area contributed by atoms with Crippen LogP contribution in [0.1, 0.15) is 19.2 Å². The minimum Gasteiger partial charge on any atom is -0.504 e. The summed E-state index contributed by atoms with van der Waals surface area (Å²) in [5, 5.41) is 9.46. The summed E-state index contributed by atoms with van der Waals surface area (Å²) < 4.78 is 28.4. The van der Waals surface area contributed by atoms with Gasteiger partial charge in [-0.15, -0.1) is 0 Å². The third kappa shape index (κ3) is 2.90. The minimum atomic E-state index is -3.86. The molecule has 0 radical (unpaired) electrons. The van der Waals surface area contributed by atoms with Crippen molar-refractivity contribution in [3.05, 3.63) is 30.4 Å². The van der Waals surface area contributed by atoms with Crippen molar-refractivity contribution in [1.29, 1.82) is 0 Å².